The smallest absolute Gasteiger partial charge is 0.321 e. The first-order valence-corrected chi connectivity index (χ1v) is 8.42. The maximum absolute atomic E-state index is 11.8. The second-order valence-corrected chi connectivity index (χ2v) is 5.95. The van der Waals surface area contributed by atoms with E-state index < -0.39 is 24.5 Å². The molecule has 24 heavy (non-hydrogen) atoms. The third kappa shape index (κ3) is 5.68. The molecule has 0 bridgehead atoms. The molecule has 0 aliphatic heterocycles. The molecule has 0 heterocycles. The van der Waals surface area contributed by atoms with Gasteiger partial charge in [0.1, 0.15) is 0 Å². The van der Waals surface area contributed by atoms with Crippen molar-refractivity contribution < 1.29 is 19.1 Å². The monoisotopic (exact) mass is 332 g/mol. The van der Waals surface area contributed by atoms with Gasteiger partial charge in [-0.2, -0.15) is 0 Å². The summed E-state index contributed by atoms with van der Waals surface area (Å²) >= 11 is 0. The first kappa shape index (κ1) is 18.0. The van der Waals surface area contributed by atoms with Crippen LogP contribution in [0.1, 0.15) is 42.9 Å². The summed E-state index contributed by atoms with van der Waals surface area (Å²) in [4.78, 5) is 34.7. The van der Waals surface area contributed by atoms with Crippen LogP contribution in [0.5, 0.6) is 0 Å². The number of carbonyl (C=O) groups excluding carboxylic acids is 3. The molecular weight excluding hydrogens is 308 g/mol. The van der Waals surface area contributed by atoms with Crippen molar-refractivity contribution in [3.63, 3.8) is 0 Å². The largest absolute Gasteiger partial charge is 0.455 e. The lowest BCUT2D eigenvalue weighted by Crippen LogP contribution is -2.41. The molecule has 0 unspecified atom stereocenters. The van der Waals surface area contributed by atoms with Gasteiger partial charge in [0.05, 0.1) is 6.42 Å². The molecule has 2 N–H and O–H groups in total. The van der Waals surface area contributed by atoms with Crippen LogP contribution in [0.25, 0.3) is 0 Å². The molecule has 2 rings (SSSR count). The van der Waals surface area contributed by atoms with E-state index in [1.165, 1.54) is 24.0 Å². The highest BCUT2D eigenvalue weighted by Crippen LogP contribution is 2.22. The molecule has 1 aromatic rings. The van der Waals surface area contributed by atoms with Crippen molar-refractivity contribution in [3.05, 3.63) is 34.9 Å². The van der Waals surface area contributed by atoms with E-state index in [0.29, 0.717) is 6.54 Å². The van der Waals surface area contributed by atoms with Crippen LogP contribution in [-0.2, 0) is 33.6 Å². The number of aryl methyl sites for hydroxylation is 2. The molecule has 0 spiro atoms. The first-order chi connectivity index (χ1) is 11.6. The fourth-order valence-electron chi connectivity index (χ4n) is 2.71. The molecule has 1 aromatic carbocycles. The predicted molar refractivity (Wildman–Crippen MR) is 89.6 cm³/mol. The Morgan fingerprint density at radius 3 is 2.62 bits per heavy atom. The Balaban J connectivity index is 1.75. The number of urea groups is 1. The summed E-state index contributed by atoms with van der Waals surface area (Å²) in [5.41, 5.74) is 3.55. The Morgan fingerprint density at radius 1 is 1.12 bits per heavy atom. The van der Waals surface area contributed by atoms with Gasteiger partial charge in [-0.05, 0) is 48.8 Å². The summed E-state index contributed by atoms with van der Waals surface area (Å²) in [7, 11) is 0. The third-order valence-corrected chi connectivity index (χ3v) is 3.91. The number of benzene rings is 1. The minimum Gasteiger partial charge on any atom is -0.455 e. The fraction of sp³-hybridized carbons (Fsp3) is 0.500. The Morgan fingerprint density at radius 2 is 1.88 bits per heavy atom. The second-order valence-electron chi connectivity index (χ2n) is 5.95. The third-order valence-electron chi connectivity index (χ3n) is 3.91. The van der Waals surface area contributed by atoms with E-state index in [1.54, 1.807) is 0 Å². The van der Waals surface area contributed by atoms with Crippen LogP contribution in [0.4, 0.5) is 4.79 Å². The van der Waals surface area contributed by atoms with E-state index in [2.05, 4.69) is 16.7 Å². The fourth-order valence-corrected chi connectivity index (χ4v) is 2.71. The van der Waals surface area contributed by atoms with Crippen LogP contribution in [0.3, 0.4) is 0 Å². The quantitative estimate of drug-likeness (QED) is 0.779. The molecule has 0 saturated carbocycles. The van der Waals surface area contributed by atoms with Crippen molar-refractivity contribution in [3.8, 4) is 0 Å². The number of hydrogen-bond acceptors (Lipinski definition) is 4. The number of carbonyl (C=O) groups is 3. The van der Waals surface area contributed by atoms with Crippen LogP contribution in [-0.4, -0.2) is 31.1 Å². The lowest BCUT2D eigenvalue weighted by molar-refractivity contribution is -0.147. The van der Waals surface area contributed by atoms with Crippen LogP contribution in [0, 0.1) is 0 Å². The standard InChI is InChI=1S/C18H24N2O4/c1-2-9-19-18(23)20-16(21)12-24-17(22)11-13-7-8-14-5-3-4-6-15(14)10-13/h7-8,10H,2-6,9,11-12H2,1H3,(H2,19,20,21,23). The molecule has 130 valence electrons. The Bertz CT molecular complexity index is 613. The van der Waals surface area contributed by atoms with Gasteiger partial charge in [-0.1, -0.05) is 25.1 Å². The van der Waals surface area contributed by atoms with Crippen LogP contribution >= 0.6 is 0 Å². The Labute approximate surface area is 142 Å². The summed E-state index contributed by atoms with van der Waals surface area (Å²) in [6, 6.07) is 5.48. The van der Waals surface area contributed by atoms with E-state index in [-0.39, 0.29) is 6.42 Å². The number of amides is 3. The van der Waals surface area contributed by atoms with Gasteiger partial charge in [-0.15, -0.1) is 0 Å². The van der Waals surface area contributed by atoms with Gasteiger partial charge in [0, 0.05) is 6.54 Å². The minimum atomic E-state index is -0.637. The SMILES string of the molecule is CCCNC(=O)NC(=O)COC(=O)Cc1ccc2c(c1)CCCC2. The number of esters is 1. The average Bonchev–Trinajstić information content (AvgIpc) is 2.58. The molecular formula is C18H24N2O4. The number of rotatable bonds is 6. The van der Waals surface area contributed by atoms with Crippen molar-refractivity contribution in [2.75, 3.05) is 13.2 Å². The van der Waals surface area contributed by atoms with Crippen LogP contribution in [0.15, 0.2) is 18.2 Å². The first-order valence-electron chi connectivity index (χ1n) is 8.42. The van der Waals surface area contributed by atoms with E-state index in [4.69, 9.17) is 4.74 Å². The Kier molecular flexibility index (Phi) is 6.78. The van der Waals surface area contributed by atoms with Gasteiger partial charge < -0.3 is 10.1 Å². The molecule has 6 heteroatoms. The van der Waals surface area contributed by atoms with Crippen LogP contribution < -0.4 is 10.6 Å². The Hall–Kier alpha value is -2.37. The van der Waals surface area contributed by atoms with Crippen molar-refractivity contribution >= 4 is 17.9 Å². The molecule has 3 amide bonds. The summed E-state index contributed by atoms with van der Waals surface area (Å²) in [5, 5.41) is 4.62. The lowest BCUT2D eigenvalue weighted by atomic mass is 9.90. The topological polar surface area (TPSA) is 84.5 Å². The molecule has 0 saturated heterocycles. The van der Waals surface area contributed by atoms with E-state index in [1.807, 2.05) is 19.1 Å². The zero-order valence-corrected chi connectivity index (χ0v) is 14.0. The van der Waals surface area contributed by atoms with Crippen molar-refractivity contribution in [2.24, 2.45) is 0 Å². The second kappa shape index (κ2) is 9.05. The van der Waals surface area contributed by atoms with E-state index >= 15 is 0 Å². The maximum Gasteiger partial charge on any atom is 0.321 e. The van der Waals surface area contributed by atoms with Crippen molar-refractivity contribution in [1.29, 1.82) is 0 Å². The zero-order valence-electron chi connectivity index (χ0n) is 14.0. The average molecular weight is 332 g/mol. The highest BCUT2D eigenvalue weighted by Gasteiger charge is 2.13. The number of nitrogens with one attached hydrogen (secondary N) is 2. The highest BCUT2D eigenvalue weighted by atomic mass is 16.5. The van der Waals surface area contributed by atoms with E-state index in [0.717, 1.165) is 24.8 Å². The normalized spacial score (nSPS) is 12.9. The molecule has 0 aromatic heterocycles. The minimum absolute atomic E-state index is 0.128. The van der Waals surface area contributed by atoms with Gasteiger partial charge in [0.2, 0.25) is 0 Å². The molecule has 6 nitrogen and oxygen atoms in total. The summed E-state index contributed by atoms with van der Waals surface area (Å²) in [6.45, 7) is 1.94. The predicted octanol–water partition coefficient (Wildman–Crippen LogP) is 1.89. The van der Waals surface area contributed by atoms with Gasteiger partial charge >= 0.3 is 12.0 Å². The lowest BCUT2D eigenvalue weighted by Gasteiger charge is -2.16. The molecule has 0 fully saturated rings. The summed E-state index contributed by atoms with van der Waals surface area (Å²) in [6.07, 6.45) is 5.45. The number of ether oxygens (including phenoxy) is 1. The van der Waals surface area contributed by atoms with Crippen molar-refractivity contribution in [2.45, 2.75) is 45.4 Å². The number of imide groups is 1. The highest BCUT2D eigenvalue weighted by molar-refractivity contribution is 5.95. The van der Waals surface area contributed by atoms with Gasteiger partial charge in [-0.25, -0.2) is 4.79 Å². The van der Waals surface area contributed by atoms with E-state index in [9.17, 15) is 14.4 Å². The number of fused-ring (bicyclic) bond motifs is 1. The van der Waals surface area contributed by atoms with Crippen molar-refractivity contribution in [1.82, 2.24) is 10.6 Å². The maximum atomic E-state index is 11.8. The summed E-state index contributed by atoms with van der Waals surface area (Å²) in [5.74, 6) is -1.11. The van der Waals surface area contributed by atoms with Gasteiger partial charge in [0.15, 0.2) is 6.61 Å². The molecule has 0 atom stereocenters. The molecule has 0 radical (unpaired) electrons. The summed E-state index contributed by atoms with van der Waals surface area (Å²) < 4.78 is 4.93. The van der Waals surface area contributed by atoms with Crippen LogP contribution in [0.2, 0.25) is 0 Å². The zero-order chi connectivity index (χ0) is 17.4. The molecule has 1 aliphatic carbocycles. The molecule has 1 aliphatic rings. The van der Waals surface area contributed by atoms with Gasteiger partial charge in [-0.3, -0.25) is 14.9 Å². The van der Waals surface area contributed by atoms with Gasteiger partial charge in [0.25, 0.3) is 5.91 Å². The number of hydrogen-bond donors (Lipinski definition) is 2.